The van der Waals surface area contributed by atoms with Crippen molar-refractivity contribution in [2.24, 2.45) is 0 Å². The van der Waals surface area contributed by atoms with Gasteiger partial charge in [-0.25, -0.2) is 0 Å². The Morgan fingerprint density at radius 3 is 2.60 bits per heavy atom. The van der Waals surface area contributed by atoms with Gasteiger partial charge in [-0.15, -0.1) is 0 Å². The van der Waals surface area contributed by atoms with E-state index in [2.05, 4.69) is 10.1 Å². The highest BCUT2D eigenvalue weighted by Gasteiger charge is 2.22. The molecule has 1 aliphatic rings. The van der Waals surface area contributed by atoms with E-state index < -0.39 is 6.61 Å². The van der Waals surface area contributed by atoms with Crippen LogP contribution in [0.3, 0.4) is 0 Å². The van der Waals surface area contributed by atoms with Gasteiger partial charge in [-0.05, 0) is 30.5 Å². The predicted molar refractivity (Wildman–Crippen MR) is 70.6 cm³/mol. The van der Waals surface area contributed by atoms with Crippen molar-refractivity contribution in [1.29, 1.82) is 0 Å². The number of hydrogen-bond acceptors (Lipinski definition) is 3. The molecular weight excluding hydrogens is 266 g/mol. The summed E-state index contributed by atoms with van der Waals surface area (Å²) in [6.07, 6.45) is 2.28. The molecule has 1 fully saturated rings. The van der Waals surface area contributed by atoms with Crippen LogP contribution in [-0.4, -0.2) is 37.1 Å². The van der Waals surface area contributed by atoms with E-state index in [9.17, 15) is 13.6 Å². The van der Waals surface area contributed by atoms with Gasteiger partial charge in [-0.3, -0.25) is 4.79 Å². The Hall–Kier alpha value is -1.69. The van der Waals surface area contributed by atoms with Gasteiger partial charge in [0.2, 0.25) is 5.91 Å². The lowest BCUT2D eigenvalue weighted by molar-refractivity contribution is -0.129. The number of halogens is 2. The highest BCUT2D eigenvalue weighted by Crippen LogP contribution is 2.18. The van der Waals surface area contributed by atoms with Crippen molar-refractivity contribution in [2.75, 3.05) is 13.6 Å². The minimum Gasteiger partial charge on any atom is -0.435 e. The first-order valence-corrected chi connectivity index (χ1v) is 6.55. The minimum absolute atomic E-state index is 0.0183. The highest BCUT2D eigenvalue weighted by atomic mass is 19.3. The Balaban J connectivity index is 1.80. The summed E-state index contributed by atoms with van der Waals surface area (Å²) in [4.78, 5) is 13.4. The van der Waals surface area contributed by atoms with Gasteiger partial charge in [0.25, 0.3) is 0 Å². The van der Waals surface area contributed by atoms with E-state index in [4.69, 9.17) is 0 Å². The molecule has 0 heterocycles. The van der Waals surface area contributed by atoms with Crippen LogP contribution in [0.15, 0.2) is 24.3 Å². The number of rotatable bonds is 7. The zero-order valence-electron chi connectivity index (χ0n) is 11.3. The summed E-state index contributed by atoms with van der Waals surface area (Å²) < 4.78 is 28.3. The lowest BCUT2D eigenvalue weighted by Gasteiger charge is -2.17. The number of amides is 1. The number of benzene rings is 1. The number of hydrogen-bond donors (Lipinski definition) is 1. The molecule has 1 amide bonds. The lowest BCUT2D eigenvalue weighted by atomic mass is 10.2. The van der Waals surface area contributed by atoms with E-state index in [1.165, 1.54) is 12.1 Å². The number of nitrogens with zero attached hydrogens (tertiary/aromatic N) is 1. The van der Waals surface area contributed by atoms with E-state index >= 15 is 0 Å². The largest absolute Gasteiger partial charge is 0.435 e. The van der Waals surface area contributed by atoms with Crippen LogP contribution < -0.4 is 10.1 Å². The Bertz CT molecular complexity index is 447. The molecule has 4 nitrogen and oxygen atoms in total. The third-order valence-corrected chi connectivity index (χ3v) is 3.11. The van der Waals surface area contributed by atoms with Crippen LogP contribution in [0.5, 0.6) is 5.75 Å². The molecule has 0 spiro atoms. The molecule has 0 aromatic heterocycles. The fourth-order valence-corrected chi connectivity index (χ4v) is 1.79. The van der Waals surface area contributed by atoms with Gasteiger partial charge in [0.1, 0.15) is 5.75 Å². The van der Waals surface area contributed by atoms with Crippen molar-refractivity contribution in [1.82, 2.24) is 10.2 Å². The Labute approximate surface area is 116 Å². The first-order chi connectivity index (χ1) is 9.54. The number of carbonyl (C=O) groups excluding carboxylic acids is 1. The van der Waals surface area contributed by atoms with Gasteiger partial charge in [0, 0.05) is 19.6 Å². The molecule has 2 rings (SSSR count). The Kier molecular flexibility index (Phi) is 4.89. The van der Waals surface area contributed by atoms with Crippen LogP contribution in [0.2, 0.25) is 0 Å². The number of carbonyl (C=O) groups is 1. The third kappa shape index (κ3) is 4.77. The van der Waals surface area contributed by atoms with Gasteiger partial charge in [0.05, 0.1) is 6.54 Å². The lowest BCUT2D eigenvalue weighted by Crippen LogP contribution is -2.35. The average molecular weight is 284 g/mol. The fourth-order valence-electron chi connectivity index (χ4n) is 1.79. The van der Waals surface area contributed by atoms with Crippen LogP contribution in [-0.2, 0) is 11.3 Å². The summed E-state index contributed by atoms with van der Waals surface area (Å²) in [5.41, 5.74) is 0.869. The van der Waals surface area contributed by atoms with E-state index in [1.807, 2.05) is 0 Å². The molecule has 0 saturated heterocycles. The molecule has 1 saturated carbocycles. The van der Waals surface area contributed by atoms with E-state index in [1.54, 1.807) is 24.1 Å². The Morgan fingerprint density at radius 1 is 1.40 bits per heavy atom. The Morgan fingerprint density at radius 2 is 2.05 bits per heavy atom. The van der Waals surface area contributed by atoms with Crippen LogP contribution in [0, 0.1) is 0 Å². The van der Waals surface area contributed by atoms with Crippen molar-refractivity contribution < 1.29 is 18.3 Å². The van der Waals surface area contributed by atoms with Crippen molar-refractivity contribution in [2.45, 2.75) is 32.0 Å². The molecule has 0 aliphatic heterocycles. The molecule has 6 heteroatoms. The summed E-state index contributed by atoms with van der Waals surface area (Å²) >= 11 is 0. The molecule has 0 bridgehead atoms. The normalized spacial score (nSPS) is 14.4. The monoisotopic (exact) mass is 284 g/mol. The van der Waals surface area contributed by atoms with Crippen molar-refractivity contribution >= 4 is 5.91 Å². The van der Waals surface area contributed by atoms with Crippen molar-refractivity contribution in [3.8, 4) is 5.75 Å². The molecular formula is C14H18F2N2O2. The average Bonchev–Trinajstić information content (AvgIpc) is 3.21. The number of nitrogens with one attached hydrogen (secondary N) is 1. The number of alkyl halides is 2. The standard InChI is InChI=1S/C14H18F2N2O2/c1-18(13(19)8-17-11-4-5-11)9-10-2-6-12(7-3-10)20-14(15)16/h2-3,6-7,11,14,17H,4-5,8-9H2,1H3. The number of ether oxygens (including phenoxy) is 1. The summed E-state index contributed by atoms with van der Waals surface area (Å²) in [5.74, 6) is 0.137. The molecule has 0 unspecified atom stereocenters. The molecule has 110 valence electrons. The fraction of sp³-hybridized carbons (Fsp3) is 0.500. The van der Waals surface area contributed by atoms with Crippen LogP contribution in [0.25, 0.3) is 0 Å². The van der Waals surface area contributed by atoms with E-state index in [-0.39, 0.29) is 11.7 Å². The third-order valence-electron chi connectivity index (χ3n) is 3.11. The quantitative estimate of drug-likeness (QED) is 0.832. The SMILES string of the molecule is CN(Cc1ccc(OC(F)F)cc1)C(=O)CNC1CC1. The zero-order valence-corrected chi connectivity index (χ0v) is 11.3. The highest BCUT2D eigenvalue weighted by molar-refractivity contribution is 5.78. The van der Waals surface area contributed by atoms with Gasteiger partial charge in [0.15, 0.2) is 0 Å². The molecule has 0 radical (unpaired) electrons. The maximum atomic E-state index is 12.0. The van der Waals surface area contributed by atoms with E-state index in [0.29, 0.717) is 19.1 Å². The zero-order chi connectivity index (χ0) is 14.5. The van der Waals surface area contributed by atoms with Crippen LogP contribution in [0.1, 0.15) is 18.4 Å². The minimum atomic E-state index is -2.82. The van der Waals surface area contributed by atoms with Gasteiger partial charge in [-0.1, -0.05) is 12.1 Å². The topological polar surface area (TPSA) is 41.6 Å². The second kappa shape index (κ2) is 6.65. The summed E-state index contributed by atoms with van der Waals surface area (Å²) in [7, 11) is 1.72. The first kappa shape index (κ1) is 14.7. The molecule has 1 aromatic rings. The predicted octanol–water partition coefficient (Wildman–Crippen LogP) is 2.00. The summed E-state index contributed by atoms with van der Waals surface area (Å²) in [5, 5.41) is 3.16. The molecule has 0 atom stereocenters. The van der Waals surface area contributed by atoms with Crippen molar-refractivity contribution in [3.05, 3.63) is 29.8 Å². The molecule has 1 N–H and O–H groups in total. The number of likely N-dealkylation sites (N-methyl/N-ethyl adjacent to an activating group) is 1. The van der Waals surface area contributed by atoms with Crippen LogP contribution >= 0.6 is 0 Å². The summed E-state index contributed by atoms with van der Waals surface area (Å²) in [6.45, 7) is -2.04. The van der Waals surface area contributed by atoms with E-state index in [0.717, 1.165) is 18.4 Å². The van der Waals surface area contributed by atoms with Gasteiger partial charge in [-0.2, -0.15) is 8.78 Å². The smallest absolute Gasteiger partial charge is 0.387 e. The van der Waals surface area contributed by atoms with Crippen molar-refractivity contribution in [3.63, 3.8) is 0 Å². The molecule has 1 aliphatic carbocycles. The second-order valence-corrected chi connectivity index (χ2v) is 4.93. The van der Waals surface area contributed by atoms with Gasteiger partial charge >= 0.3 is 6.61 Å². The second-order valence-electron chi connectivity index (χ2n) is 4.93. The first-order valence-electron chi connectivity index (χ1n) is 6.55. The maximum Gasteiger partial charge on any atom is 0.387 e. The molecule has 1 aromatic carbocycles. The van der Waals surface area contributed by atoms with Crippen LogP contribution in [0.4, 0.5) is 8.78 Å². The van der Waals surface area contributed by atoms with Gasteiger partial charge < -0.3 is 15.0 Å². The maximum absolute atomic E-state index is 12.0. The summed E-state index contributed by atoms with van der Waals surface area (Å²) in [6, 6.07) is 6.80. The molecule has 20 heavy (non-hydrogen) atoms.